The Labute approximate surface area is 72.8 Å². The fourth-order valence-electron chi connectivity index (χ4n) is 0. The minimum Gasteiger partial charge on any atom is -0.358 e. The molecule has 8 heavy (non-hydrogen) atoms. The molecule has 0 aromatic carbocycles. The zero-order chi connectivity index (χ0) is 5.21. The molecule has 0 aliphatic heterocycles. The molecule has 6 heteroatoms. The van der Waals surface area contributed by atoms with Gasteiger partial charge in [-0.25, -0.2) is 0 Å². The van der Waals surface area contributed by atoms with Crippen molar-refractivity contribution in [1.82, 2.24) is 5.43 Å². The van der Waals surface area contributed by atoms with Crippen molar-refractivity contribution in [2.24, 2.45) is 11.7 Å². The van der Waals surface area contributed by atoms with E-state index in [9.17, 15) is 0 Å². The predicted molar refractivity (Wildman–Crippen MR) is 25.9 cm³/mol. The van der Waals surface area contributed by atoms with Crippen LogP contribution in [0.1, 0.15) is 0 Å². The standard InChI is InChI=1S/CH9N4O.CH3.U/c1-4-5(2,3)6;;/h4,6H,2-3H2,1H3;1H3;/q+1;-1;. The van der Waals surface area contributed by atoms with Crippen molar-refractivity contribution in [3.63, 3.8) is 0 Å². The van der Waals surface area contributed by atoms with Crippen molar-refractivity contribution >= 4 is 0 Å². The molecule has 0 bridgehead atoms. The van der Waals surface area contributed by atoms with Crippen molar-refractivity contribution in [3.05, 3.63) is 7.43 Å². The molecule has 0 aliphatic carbocycles. The number of nitrogens with zero attached hydrogens (tertiary/aromatic N) is 1. The van der Waals surface area contributed by atoms with Gasteiger partial charge in [0.1, 0.15) is 0 Å². The number of nitrogens with one attached hydrogen (secondary N) is 1. The van der Waals surface area contributed by atoms with E-state index in [1.165, 1.54) is 7.05 Å². The van der Waals surface area contributed by atoms with E-state index in [0.29, 0.717) is 0 Å². The van der Waals surface area contributed by atoms with Gasteiger partial charge >= 0.3 is 0 Å². The molecule has 6 N–H and O–H groups in total. The number of rotatable bonds is 1. The SMILES string of the molecule is CN[N+](N)(N)O.[CH3-].[U]. The molecular weight excluding hydrogens is 334 g/mol. The summed E-state index contributed by atoms with van der Waals surface area (Å²) in [6.07, 6.45) is 0. The van der Waals surface area contributed by atoms with Crippen LogP contribution in [0.4, 0.5) is 0 Å². The second-order valence-corrected chi connectivity index (χ2v) is 0.962. The fraction of sp³-hybridized carbons (Fsp3) is 0.500. The smallest absolute Gasteiger partial charge is 0.0410 e. The molecule has 0 heterocycles. The van der Waals surface area contributed by atoms with Gasteiger partial charge in [0.25, 0.3) is 0 Å². The first-order valence-corrected chi connectivity index (χ1v) is 1.44. The molecule has 50 valence electrons. The molecular formula is C2H12N4OU. The van der Waals surface area contributed by atoms with Crippen molar-refractivity contribution in [1.29, 1.82) is 0 Å². The summed E-state index contributed by atoms with van der Waals surface area (Å²) in [6.45, 7) is 0. The van der Waals surface area contributed by atoms with Gasteiger partial charge in [-0.05, 0) is 0 Å². The summed E-state index contributed by atoms with van der Waals surface area (Å²) >= 11 is 0. The van der Waals surface area contributed by atoms with Crippen molar-refractivity contribution in [2.45, 2.75) is 0 Å². The minimum atomic E-state index is -1.18. The number of hydrogen-bond donors (Lipinski definition) is 4. The molecule has 0 aromatic heterocycles. The summed E-state index contributed by atoms with van der Waals surface area (Å²) in [7, 11) is 1.43. The molecule has 0 amide bonds. The summed E-state index contributed by atoms with van der Waals surface area (Å²) < 4.78 is 0. The number of nitrogens with two attached hydrogens (primary N) is 2. The molecule has 0 fully saturated rings. The molecule has 5 nitrogen and oxygen atoms in total. The van der Waals surface area contributed by atoms with Crippen LogP contribution in [-0.2, 0) is 0 Å². The Balaban J connectivity index is -0.000000125. The minimum absolute atomic E-state index is 0. The molecule has 0 radical (unpaired) electrons. The summed E-state index contributed by atoms with van der Waals surface area (Å²) in [5.41, 5.74) is 2.15. The van der Waals surface area contributed by atoms with Gasteiger partial charge in [-0.1, -0.05) is 5.43 Å². The topological polar surface area (TPSA) is 84.3 Å². The van der Waals surface area contributed by atoms with Crippen LogP contribution in [0.2, 0.25) is 0 Å². The van der Waals surface area contributed by atoms with E-state index < -0.39 is 4.97 Å². The average Bonchev–Trinajstić information content (AvgIpc) is 1.35. The van der Waals surface area contributed by atoms with E-state index in [1.54, 1.807) is 0 Å². The summed E-state index contributed by atoms with van der Waals surface area (Å²) in [4.78, 5) is -1.18. The van der Waals surface area contributed by atoms with Crippen LogP contribution in [-0.4, -0.2) is 17.2 Å². The summed E-state index contributed by atoms with van der Waals surface area (Å²) in [5, 5.41) is 8.21. The van der Waals surface area contributed by atoms with Gasteiger partial charge in [0.15, 0.2) is 0 Å². The maximum Gasteiger partial charge on any atom is 0.0410 e. The van der Waals surface area contributed by atoms with Crippen LogP contribution in [0, 0.1) is 38.5 Å². The third-order valence-corrected chi connectivity index (χ3v) is 0.358. The second-order valence-electron chi connectivity index (χ2n) is 0.962. The summed E-state index contributed by atoms with van der Waals surface area (Å²) in [5.74, 6) is 9.39. The molecule has 0 saturated carbocycles. The van der Waals surface area contributed by atoms with E-state index >= 15 is 0 Å². The van der Waals surface area contributed by atoms with Crippen LogP contribution in [0.25, 0.3) is 0 Å². The molecule has 0 atom stereocenters. The zero-order valence-electron chi connectivity index (χ0n) is 5.05. The molecule has 0 rings (SSSR count). The molecule has 0 aromatic rings. The molecule has 0 saturated heterocycles. The molecule has 0 aliphatic rings. The zero-order valence-corrected chi connectivity index (χ0v) is 9.21. The van der Waals surface area contributed by atoms with Crippen LogP contribution in [0.3, 0.4) is 0 Å². The Kier molecular flexibility index (Phi) is 11.9. The quantitative estimate of drug-likeness (QED) is 0.202. The van der Waals surface area contributed by atoms with Crippen molar-refractivity contribution in [3.8, 4) is 0 Å². The third kappa shape index (κ3) is 15.8. The van der Waals surface area contributed by atoms with Gasteiger partial charge in [-0.2, -0.15) is 5.21 Å². The van der Waals surface area contributed by atoms with Gasteiger partial charge in [0.05, 0.1) is 0 Å². The fourth-order valence-corrected chi connectivity index (χ4v) is 0. The van der Waals surface area contributed by atoms with E-state index in [1.807, 2.05) is 0 Å². The van der Waals surface area contributed by atoms with Crippen LogP contribution >= 0.6 is 0 Å². The maximum atomic E-state index is 8.21. The largest absolute Gasteiger partial charge is 0.358 e. The Hall–Kier alpha value is 0.852. The Morgan fingerprint density at radius 2 is 1.62 bits per heavy atom. The van der Waals surface area contributed by atoms with Crippen LogP contribution < -0.4 is 17.1 Å². The van der Waals surface area contributed by atoms with Crippen molar-refractivity contribution < 1.29 is 41.3 Å². The maximum absolute atomic E-state index is 8.21. The van der Waals surface area contributed by atoms with Gasteiger partial charge in [0.2, 0.25) is 0 Å². The van der Waals surface area contributed by atoms with Crippen LogP contribution in [0.5, 0.6) is 0 Å². The van der Waals surface area contributed by atoms with Gasteiger partial charge in [0, 0.05) is 43.1 Å². The Morgan fingerprint density at radius 3 is 1.62 bits per heavy atom. The van der Waals surface area contributed by atoms with E-state index in [2.05, 4.69) is 5.43 Å². The summed E-state index contributed by atoms with van der Waals surface area (Å²) in [6, 6.07) is 0. The second kappa shape index (κ2) is 5.98. The first-order chi connectivity index (χ1) is 2.56. The molecule has 0 spiro atoms. The average molecular weight is 346 g/mol. The van der Waals surface area contributed by atoms with Gasteiger partial charge in [-0.15, -0.1) is 11.7 Å². The van der Waals surface area contributed by atoms with Gasteiger partial charge in [-0.3, -0.25) is 0 Å². The first kappa shape index (κ1) is 15.9. The first-order valence-electron chi connectivity index (χ1n) is 1.44. The molecule has 0 unspecified atom stereocenters. The van der Waals surface area contributed by atoms with E-state index in [4.69, 9.17) is 16.9 Å². The van der Waals surface area contributed by atoms with Gasteiger partial charge < -0.3 is 7.43 Å². The Morgan fingerprint density at radius 1 is 1.50 bits per heavy atom. The normalized spacial score (nSPS) is 9.00. The third-order valence-electron chi connectivity index (χ3n) is 0.358. The predicted octanol–water partition coefficient (Wildman–Crippen LogP) is -1.48. The van der Waals surface area contributed by atoms with Crippen molar-refractivity contribution in [2.75, 3.05) is 7.05 Å². The Bertz CT molecular complexity index is 43.8. The van der Waals surface area contributed by atoms with Crippen LogP contribution in [0.15, 0.2) is 0 Å². The number of hydrogen-bond acceptors (Lipinski definition) is 4. The van der Waals surface area contributed by atoms with E-state index in [-0.39, 0.29) is 38.5 Å². The monoisotopic (exact) mass is 346 g/mol. The number of quaternary nitrogens is 1. The van der Waals surface area contributed by atoms with E-state index in [0.717, 1.165) is 0 Å².